The Hall–Kier alpha value is -4.73. The maximum Gasteiger partial charge on any atom is 0.408 e. The molecule has 0 aliphatic heterocycles. The molecule has 0 aliphatic rings. The second kappa shape index (κ2) is 13.5. The average molecular weight is 592 g/mol. The van der Waals surface area contributed by atoms with Gasteiger partial charge in [-0.15, -0.1) is 0 Å². The van der Waals surface area contributed by atoms with Crippen LogP contribution in [0.1, 0.15) is 58.7 Å². The molecule has 0 fully saturated rings. The molecule has 0 aliphatic carbocycles. The number of hydrogen-bond donors (Lipinski definition) is 4. The van der Waals surface area contributed by atoms with E-state index in [0.717, 1.165) is 0 Å². The molecule has 0 saturated carbocycles. The van der Waals surface area contributed by atoms with Gasteiger partial charge in [-0.3, -0.25) is 9.59 Å². The number of phenolic OH excluding ortho intramolecular Hbond substituents is 2. The van der Waals surface area contributed by atoms with E-state index >= 15 is 0 Å². The summed E-state index contributed by atoms with van der Waals surface area (Å²) in [7, 11) is 1.54. The summed E-state index contributed by atoms with van der Waals surface area (Å²) in [5.74, 6) is -0.354. The molecule has 43 heavy (non-hydrogen) atoms. The monoisotopic (exact) mass is 591 g/mol. The number of alkyl carbamates (subject to hydrolysis) is 1. The smallest absolute Gasteiger partial charge is 0.408 e. The summed E-state index contributed by atoms with van der Waals surface area (Å²) in [5.41, 5.74) is -0.118. The summed E-state index contributed by atoms with van der Waals surface area (Å²) < 4.78 is 10.7. The van der Waals surface area contributed by atoms with Gasteiger partial charge in [-0.2, -0.15) is 0 Å². The third-order valence-corrected chi connectivity index (χ3v) is 6.40. The molecule has 3 rings (SSSR count). The lowest BCUT2D eigenvalue weighted by Gasteiger charge is -2.43. The van der Waals surface area contributed by atoms with Crippen molar-refractivity contribution in [3.05, 3.63) is 83.9 Å². The standard InChI is InChI=1S/C33H41N3O7/c1-32(2,3)36(30(40)27(35-31(41)43-33(4,5)6)20-21-8-14-24(37)15-9-21)28(22-10-16-25(38)17-11-22)29(39)34-23-12-18-26(42-7)19-13-23/h8-19,27-28,37-38H,20H2,1-7H3,(H,34,39)(H,35,41). The van der Waals surface area contributed by atoms with Crippen LogP contribution in [0.4, 0.5) is 10.5 Å². The van der Waals surface area contributed by atoms with E-state index in [1.807, 2.05) is 0 Å². The van der Waals surface area contributed by atoms with Gasteiger partial charge in [-0.1, -0.05) is 24.3 Å². The van der Waals surface area contributed by atoms with E-state index in [0.29, 0.717) is 22.6 Å². The average Bonchev–Trinajstić information content (AvgIpc) is 2.91. The van der Waals surface area contributed by atoms with Crippen LogP contribution < -0.4 is 15.4 Å². The van der Waals surface area contributed by atoms with E-state index in [1.165, 1.54) is 29.2 Å². The van der Waals surface area contributed by atoms with Gasteiger partial charge in [-0.25, -0.2) is 4.79 Å². The van der Waals surface area contributed by atoms with Crippen molar-refractivity contribution in [2.75, 3.05) is 12.4 Å². The lowest BCUT2D eigenvalue weighted by molar-refractivity contribution is -0.146. The molecular weight excluding hydrogens is 550 g/mol. The Labute approximate surface area is 252 Å². The number of ether oxygens (including phenoxy) is 2. The first kappa shape index (κ1) is 32.8. The molecule has 0 aromatic heterocycles. The Morgan fingerprint density at radius 1 is 0.814 bits per heavy atom. The third-order valence-electron chi connectivity index (χ3n) is 6.40. The molecule has 10 nitrogen and oxygen atoms in total. The molecule has 0 radical (unpaired) electrons. The van der Waals surface area contributed by atoms with Crippen LogP contribution in [0.25, 0.3) is 0 Å². The van der Waals surface area contributed by atoms with Crippen LogP contribution in [0.2, 0.25) is 0 Å². The van der Waals surface area contributed by atoms with Gasteiger partial charge in [0.25, 0.3) is 5.91 Å². The normalized spacial score (nSPS) is 12.9. The predicted octanol–water partition coefficient (Wildman–Crippen LogP) is 5.55. The largest absolute Gasteiger partial charge is 0.508 e. The number of anilines is 1. The Morgan fingerprint density at radius 2 is 1.35 bits per heavy atom. The van der Waals surface area contributed by atoms with Crippen molar-refractivity contribution in [2.24, 2.45) is 0 Å². The van der Waals surface area contributed by atoms with Crippen LogP contribution in [0.3, 0.4) is 0 Å². The number of amides is 3. The Bertz CT molecular complexity index is 1390. The van der Waals surface area contributed by atoms with E-state index in [4.69, 9.17) is 9.47 Å². The molecule has 230 valence electrons. The van der Waals surface area contributed by atoms with Crippen molar-refractivity contribution in [1.82, 2.24) is 10.2 Å². The van der Waals surface area contributed by atoms with Crippen LogP contribution in [0.15, 0.2) is 72.8 Å². The van der Waals surface area contributed by atoms with E-state index in [1.54, 1.807) is 97.2 Å². The number of nitrogens with one attached hydrogen (secondary N) is 2. The Morgan fingerprint density at radius 3 is 1.84 bits per heavy atom. The minimum Gasteiger partial charge on any atom is -0.508 e. The van der Waals surface area contributed by atoms with E-state index in [2.05, 4.69) is 10.6 Å². The second-order valence-corrected chi connectivity index (χ2v) is 12.2. The molecule has 4 N–H and O–H groups in total. The summed E-state index contributed by atoms with van der Waals surface area (Å²) >= 11 is 0. The van der Waals surface area contributed by atoms with Crippen LogP contribution in [0, 0.1) is 0 Å². The minimum atomic E-state index is -1.15. The van der Waals surface area contributed by atoms with Crippen LogP contribution >= 0.6 is 0 Å². The molecule has 3 aromatic carbocycles. The first-order valence-corrected chi connectivity index (χ1v) is 13.9. The van der Waals surface area contributed by atoms with Crippen LogP contribution in [-0.2, 0) is 20.7 Å². The van der Waals surface area contributed by atoms with Gasteiger partial charge in [0.1, 0.15) is 34.9 Å². The summed E-state index contributed by atoms with van der Waals surface area (Å²) in [6, 6.07) is 16.8. The van der Waals surface area contributed by atoms with Gasteiger partial charge in [0.15, 0.2) is 0 Å². The SMILES string of the molecule is COc1ccc(NC(=O)C(c2ccc(O)cc2)N(C(=O)C(Cc2ccc(O)cc2)NC(=O)OC(C)(C)C)C(C)(C)C)cc1. The molecule has 0 spiro atoms. The van der Waals surface area contributed by atoms with E-state index in [9.17, 15) is 24.6 Å². The molecule has 0 heterocycles. The molecule has 2 unspecified atom stereocenters. The van der Waals surface area contributed by atoms with Gasteiger partial charge < -0.3 is 35.2 Å². The molecular formula is C33H41N3O7. The van der Waals surface area contributed by atoms with E-state index < -0.39 is 41.1 Å². The lowest BCUT2D eigenvalue weighted by Crippen LogP contribution is -2.58. The van der Waals surface area contributed by atoms with Gasteiger partial charge in [0.05, 0.1) is 7.11 Å². The number of methoxy groups -OCH3 is 1. The van der Waals surface area contributed by atoms with Crippen molar-refractivity contribution in [1.29, 1.82) is 0 Å². The maximum absolute atomic E-state index is 14.5. The minimum absolute atomic E-state index is 0.00324. The highest BCUT2D eigenvalue weighted by atomic mass is 16.6. The van der Waals surface area contributed by atoms with Crippen molar-refractivity contribution >= 4 is 23.6 Å². The Kier molecular flexibility index (Phi) is 10.3. The highest BCUT2D eigenvalue weighted by Crippen LogP contribution is 2.32. The van der Waals surface area contributed by atoms with Crippen LogP contribution in [0.5, 0.6) is 17.2 Å². The zero-order valence-electron chi connectivity index (χ0n) is 25.7. The number of carbonyl (C=O) groups excluding carboxylic acids is 3. The van der Waals surface area contributed by atoms with Gasteiger partial charge in [0.2, 0.25) is 5.91 Å². The Balaban J connectivity index is 2.08. The van der Waals surface area contributed by atoms with Crippen molar-refractivity contribution in [3.63, 3.8) is 0 Å². The zero-order valence-corrected chi connectivity index (χ0v) is 25.7. The summed E-state index contributed by atoms with van der Waals surface area (Å²) in [4.78, 5) is 42.9. The van der Waals surface area contributed by atoms with Crippen LogP contribution in [-0.4, -0.2) is 57.3 Å². The summed E-state index contributed by atoms with van der Waals surface area (Å²) in [5, 5.41) is 25.3. The number of hydrogen-bond acceptors (Lipinski definition) is 7. The number of carbonyl (C=O) groups is 3. The second-order valence-electron chi connectivity index (χ2n) is 12.2. The number of phenols is 2. The predicted molar refractivity (Wildman–Crippen MR) is 164 cm³/mol. The first-order valence-electron chi connectivity index (χ1n) is 13.9. The lowest BCUT2D eigenvalue weighted by atomic mass is 9.94. The topological polar surface area (TPSA) is 137 Å². The number of nitrogens with zero attached hydrogens (tertiary/aromatic N) is 1. The van der Waals surface area contributed by atoms with Crippen molar-refractivity contribution in [2.45, 2.75) is 71.2 Å². The fourth-order valence-electron chi connectivity index (χ4n) is 4.49. The number of rotatable bonds is 9. The molecule has 2 atom stereocenters. The highest BCUT2D eigenvalue weighted by Gasteiger charge is 2.42. The van der Waals surface area contributed by atoms with E-state index in [-0.39, 0.29) is 17.9 Å². The quantitative estimate of drug-likeness (QED) is 0.256. The van der Waals surface area contributed by atoms with Crippen molar-refractivity contribution < 1.29 is 34.1 Å². The maximum atomic E-state index is 14.5. The summed E-state index contributed by atoms with van der Waals surface area (Å²) in [6.07, 6.45) is -0.727. The van der Waals surface area contributed by atoms with Gasteiger partial charge in [-0.05, 0) is 101 Å². The summed E-state index contributed by atoms with van der Waals surface area (Å²) in [6.45, 7) is 10.5. The number of aromatic hydroxyl groups is 2. The van der Waals surface area contributed by atoms with Gasteiger partial charge in [0, 0.05) is 17.6 Å². The molecule has 3 aromatic rings. The highest BCUT2D eigenvalue weighted by molar-refractivity contribution is 5.99. The third kappa shape index (κ3) is 9.39. The molecule has 10 heteroatoms. The molecule has 0 saturated heterocycles. The number of benzene rings is 3. The fraction of sp³-hybridized carbons (Fsp3) is 0.364. The van der Waals surface area contributed by atoms with Crippen molar-refractivity contribution in [3.8, 4) is 17.2 Å². The fourth-order valence-corrected chi connectivity index (χ4v) is 4.49. The zero-order chi connectivity index (χ0) is 31.9. The first-order chi connectivity index (χ1) is 20.1. The van der Waals surface area contributed by atoms with Gasteiger partial charge >= 0.3 is 6.09 Å². The molecule has 0 bridgehead atoms. The molecule has 3 amide bonds.